The highest BCUT2D eigenvalue weighted by atomic mass is 79.9. The Balaban J connectivity index is 2.46. The van der Waals surface area contributed by atoms with Crippen molar-refractivity contribution in [2.75, 3.05) is 0 Å². The summed E-state index contributed by atoms with van der Waals surface area (Å²) in [5.74, 6) is 0. The average molecular weight is 339 g/mol. The first kappa shape index (κ1) is 14.6. The zero-order chi connectivity index (χ0) is 14.2. The molecule has 2 aromatic carbocycles. The van der Waals surface area contributed by atoms with Crippen molar-refractivity contribution in [2.45, 2.75) is 26.8 Å². The van der Waals surface area contributed by atoms with Crippen molar-refractivity contribution in [1.29, 1.82) is 0 Å². The fourth-order valence-electron chi connectivity index (χ4n) is 2.18. The Morgan fingerprint density at radius 3 is 2.32 bits per heavy atom. The Bertz CT molecular complexity index is 622. The molecule has 1 unspecified atom stereocenters. The molecule has 0 aliphatic heterocycles. The first-order valence-corrected chi connectivity index (χ1v) is 7.35. The molecule has 0 heterocycles. The fraction of sp³-hybridized carbons (Fsp3) is 0.250. The van der Waals surface area contributed by atoms with Crippen LogP contribution in [0.15, 0.2) is 34.8 Å². The van der Waals surface area contributed by atoms with Gasteiger partial charge in [-0.05, 0) is 60.7 Å². The third-order valence-corrected chi connectivity index (χ3v) is 4.72. The summed E-state index contributed by atoms with van der Waals surface area (Å²) in [5, 5.41) is 0.792. The maximum absolute atomic E-state index is 6.40. The van der Waals surface area contributed by atoms with Crippen molar-refractivity contribution < 1.29 is 0 Å². The number of hydrogen-bond acceptors (Lipinski definition) is 1. The lowest BCUT2D eigenvalue weighted by molar-refractivity contribution is 0.857. The average Bonchev–Trinajstić information content (AvgIpc) is 2.36. The molecule has 0 amide bonds. The maximum Gasteiger partial charge on any atom is 0.0554 e. The zero-order valence-electron chi connectivity index (χ0n) is 11.3. The van der Waals surface area contributed by atoms with Crippen LogP contribution in [0.4, 0.5) is 0 Å². The fourth-order valence-corrected chi connectivity index (χ4v) is 2.64. The van der Waals surface area contributed by atoms with E-state index in [0.717, 1.165) is 31.7 Å². The SMILES string of the molecule is Cc1cc(C(N)c2ccc(Br)c(C)c2)c(C)cc1Cl. The summed E-state index contributed by atoms with van der Waals surface area (Å²) in [4.78, 5) is 0. The van der Waals surface area contributed by atoms with Gasteiger partial charge in [0.15, 0.2) is 0 Å². The number of aryl methyl sites for hydroxylation is 3. The van der Waals surface area contributed by atoms with E-state index < -0.39 is 0 Å². The van der Waals surface area contributed by atoms with Crippen LogP contribution in [-0.4, -0.2) is 0 Å². The van der Waals surface area contributed by atoms with E-state index in [2.05, 4.69) is 41.1 Å². The quantitative estimate of drug-likeness (QED) is 0.812. The smallest absolute Gasteiger partial charge is 0.0554 e. The summed E-state index contributed by atoms with van der Waals surface area (Å²) in [7, 11) is 0. The molecule has 0 radical (unpaired) electrons. The van der Waals surface area contributed by atoms with Crippen LogP contribution in [0.5, 0.6) is 0 Å². The van der Waals surface area contributed by atoms with Gasteiger partial charge in [0.1, 0.15) is 0 Å². The van der Waals surface area contributed by atoms with E-state index in [1.807, 2.05) is 26.0 Å². The van der Waals surface area contributed by atoms with Crippen molar-refractivity contribution in [1.82, 2.24) is 0 Å². The molecule has 19 heavy (non-hydrogen) atoms. The third kappa shape index (κ3) is 3.02. The van der Waals surface area contributed by atoms with Gasteiger partial charge in [0.05, 0.1) is 6.04 Å². The molecular formula is C16H17BrClN. The first-order chi connectivity index (χ1) is 8.90. The number of halogens is 2. The highest BCUT2D eigenvalue weighted by Crippen LogP contribution is 2.29. The normalized spacial score (nSPS) is 12.5. The Labute approximate surface area is 127 Å². The van der Waals surface area contributed by atoms with Crippen LogP contribution in [-0.2, 0) is 0 Å². The molecule has 1 atom stereocenters. The van der Waals surface area contributed by atoms with E-state index in [9.17, 15) is 0 Å². The molecule has 0 spiro atoms. The lowest BCUT2D eigenvalue weighted by Gasteiger charge is -2.17. The van der Waals surface area contributed by atoms with Crippen molar-refractivity contribution >= 4 is 27.5 Å². The van der Waals surface area contributed by atoms with Gasteiger partial charge in [-0.25, -0.2) is 0 Å². The summed E-state index contributed by atoms with van der Waals surface area (Å²) in [6, 6.07) is 10.2. The lowest BCUT2D eigenvalue weighted by Crippen LogP contribution is -2.13. The summed E-state index contributed by atoms with van der Waals surface area (Å²) < 4.78 is 1.10. The second-order valence-corrected chi connectivity index (χ2v) is 6.21. The van der Waals surface area contributed by atoms with Gasteiger partial charge < -0.3 is 5.73 Å². The van der Waals surface area contributed by atoms with Gasteiger partial charge in [0.2, 0.25) is 0 Å². The largest absolute Gasteiger partial charge is 0.320 e. The number of hydrogen-bond donors (Lipinski definition) is 1. The number of nitrogens with two attached hydrogens (primary N) is 1. The molecular weight excluding hydrogens is 322 g/mol. The molecule has 0 aliphatic rings. The Kier molecular flexibility index (Phi) is 4.34. The predicted octanol–water partition coefficient (Wildman–Crippen LogP) is 5.08. The summed E-state index contributed by atoms with van der Waals surface area (Å²) in [6.45, 7) is 6.12. The maximum atomic E-state index is 6.40. The highest BCUT2D eigenvalue weighted by Gasteiger charge is 2.13. The summed E-state index contributed by atoms with van der Waals surface area (Å²) in [5.41, 5.74) is 12.0. The molecule has 0 aromatic heterocycles. The molecule has 100 valence electrons. The van der Waals surface area contributed by atoms with Gasteiger partial charge in [-0.3, -0.25) is 0 Å². The minimum Gasteiger partial charge on any atom is -0.320 e. The van der Waals surface area contributed by atoms with E-state index in [1.165, 1.54) is 5.56 Å². The first-order valence-electron chi connectivity index (χ1n) is 6.18. The van der Waals surface area contributed by atoms with E-state index >= 15 is 0 Å². The van der Waals surface area contributed by atoms with E-state index in [4.69, 9.17) is 17.3 Å². The molecule has 0 saturated carbocycles. The summed E-state index contributed by atoms with van der Waals surface area (Å²) in [6.07, 6.45) is 0. The van der Waals surface area contributed by atoms with Gasteiger partial charge in [0, 0.05) is 9.50 Å². The van der Waals surface area contributed by atoms with Gasteiger partial charge in [-0.2, -0.15) is 0 Å². The van der Waals surface area contributed by atoms with Crippen LogP contribution < -0.4 is 5.73 Å². The molecule has 3 heteroatoms. The highest BCUT2D eigenvalue weighted by molar-refractivity contribution is 9.10. The molecule has 2 aromatic rings. The van der Waals surface area contributed by atoms with Gasteiger partial charge >= 0.3 is 0 Å². The third-order valence-electron chi connectivity index (χ3n) is 3.42. The van der Waals surface area contributed by atoms with Gasteiger partial charge in [0.25, 0.3) is 0 Å². The second kappa shape index (κ2) is 5.66. The van der Waals surface area contributed by atoms with Crippen LogP contribution in [0.25, 0.3) is 0 Å². The van der Waals surface area contributed by atoms with E-state index in [-0.39, 0.29) is 6.04 Å². The van der Waals surface area contributed by atoms with Crippen LogP contribution in [0, 0.1) is 20.8 Å². The van der Waals surface area contributed by atoms with E-state index in [1.54, 1.807) is 0 Å². The number of benzene rings is 2. The standard InChI is InChI=1S/C16H17BrClN/c1-9-8-15(18)11(3)7-13(9)16(19)12-4-5-14(17)10(2)6-12/h4-8,16H,19H2,1-3H3. The Hall–Kier alpha value is -0.830. The Morgan fingerprint density at radius 2 is 1.68 bits per heavy atom. The minimum absolute atomic E-state index is 0.122. The predicted molar refractivity (Wildman–Crippen MR) is 85.8 cm³/mol. The monoisotopic (exact) mass is 337 g/mol. The molecule has 0 fully saturated rings. The number of rotatable bonds is 2. The van der Waals surface area contributed by atoms with Crippen molar-refractivity contribution in [2.24, 2.45) is 5.73 Å². The molecule has 2 N–H and O–H groups in total. The molecule has 1 nitrogen and oxygen atoms in total. The van der Waals surface area contributed by atoms with Crippen LogP contribution in [0.2, 0.25) is 5.02 Å². The van der Waals surface area contributed by atoms with Crippen molar-refractivity contribution in [3.05, 3.63) is 67.6 Å². The van der Waals surface area contributed by atoms with Gasteiger partial charge in [-0.15, -0.1) is 0 Å². The second-order valence-electron chi connectivity index (χ2n) is 4.94. The van der Waals surface area contributed by atoms with Crippen molar-refractivity contribution in [3.8, 4) is 0 Å². The summed E-state index contributed by atoms with van der Waals surface area (Å²) >= 11 is 9.65. The van der Waals surface area contributed by atoms with Gasteiger partial charge in [-0.1, -0.05) is 45.7 Å². The lowest BCUT2D eigenvalue weighted by atomic mass is 9.93. The molecule has 2 rings (SSSR count). The van der Waals surface area contributed by atoms with Crippen LogP contribution in [0.1, 0.15) is 33.9 Å². The molecule has 0 aliphatic carbocycles. The minimum atomic E-state index is -0.122. The van der Waals surface area contributed by atoms with Crippen LogP contribution in [0.3, 0.4) is 0 Å². The topological polar surface area (TPSA) is 26.0 Å². The van der Waals surface area contributed by atoms with Crippen LogP contribution >= 0.6 is 27.5 Å². The molecule has 0 saturated heterocycles. The zero-order valence-corrected chi connectivity index (χ0v) is 13.6. The Morgan fingerprint density at radius 1 is 1.00 bits per heavy atom. The van der Waals surface area contributed by atoms with E-state index in [0.29, 0.717) is 0 Å². The van der Waals surface area contributed by atoms with Crippen molar-refractivity contribution in [3.63, 3.8) is 0 Å². The molecule has 0 bridgehead atoms.